The zero-order valence-electron chi connectivity index (χ0n) is 6.28. The van der Waals surface area contributed by atoms with Crippen LogP contribution in [0, 0.1) is 0 Å². The Balaban J connectivity index is 3.37. The third-order valence-electron chi connectivity index (χ3n) is 1.52. The van der Waals surface area contributed by atoms with Gasteiger partial charge in [0.05, 0.1) is 0 Å². The van der Waals surface area contributed by atoms with Crippen LogP contribution in [-0.4, -0.2) is 11.3 Å². The van der Waals surface area contributed by atoms with E-state index in [4.69, 9.17) is 23.7 Å². The number of hydrogen-bond acceptors (Lipinski definition) is 3. The van der Waals surface area contributed by atoms with Gasteiger partial charge in [0, 0.05) is 22.2 Å². The summed E-state index contributed by atoms with van der Waals surface area (Å²) in [6, 6.07) is 4.93. The Hall–Kier alpha value is -1.42. The number of nitrogen functional groups attached to an aromatic ring is 1. The second-order valence-electron chi connectivity index (χ2n) is 2.29. The number of benzene rings is 1. The monoisotopic (exact) mass is 180 g/mol. The predicted octanol–water partition coefficient (Wildman–Crippen LogP) is 0.716. The first-order valence-electron chi connectivity index (χ1n) is 3.30. The molecule has 0 unspecified atom stereocenters. The van der Waals surface area contributed by atoms with Crippen LogP contribution in [0.1, 0.15) is 15.9 Å². The van der Waals surface area contributed by atoms with Crippen LogP contribution in [0.5, 0.6) is 0 Å². The van der Waals surface area contributed by atoms with E-state index in [9.17, 15) is 4.79 Å². The lowest BCUT2D eigenvalue weighted by Crippen LogP contribution is -2.14. The number of hydrogen-bond donors (Lipinski definition) is 2. The normalized spacial score (nSPS) is 9.33. The molecule has 0 fully saturated rings. The lowest BCUT2D eigenvalue weighted by atomic mass is 10.1. The summed E-state index contributed by atoms with van der Waals surface area (Å²) in [5.41, 5.74) is 12.0. The molecule has 0 atom stereocenters. The Morgan fingerprint density at radius 3 is 2.58 bits per heavy atom. The number of anilines is 1. The minimum Gasteiger partial charge on any atom is -0.398 e. The smallest absolute Gasteiger partial charge is 0.249 e. The van der Waals surface area contributed by atoms with Crippen molar-refractivity contribution >= 4 is 29.2 Å². The van der Waals surface area contributed by atoms with Crippen molar-refractivity contribution in [1.29, 1.82) is 0 Å². The zero-order valence-corrected chi connectivity index (χ0v) is 7.10. The van der Waals surface area contributed by atoms with Crippen LogP contribution >= 0.6 is 12.2 Å². The summed E-state index contributed by atoms with van der Waals surface area (Å²) < 4.78 is 0. The molecule has 0 aromatic heterocycles. The van der Waals surface area contributed by atoms with Gasteiger partial charge in [0.1, 0.15) is 0 Å². The molecule has 0 aliphatic heterocycles. The second kappa shape index (κ2) is 3.32. The molecule has 0 saturated carbocycles. The maximum atomic E-state index is 10.8. The van der Waals surface area contributed by atoms with Gasteiger partial charge in [0.25, 0.3) is 0 Å². The van der Waals surface area contributed by atoms with Crippen molar-refractivity contribution in [3.05, 3.63) is 29.3 Å². The van der Waals surface area contributed by atoms with Crippen molar-refractivity contribution < 1.29 is 4.79 Å². The Labute approximate surface area is 75.4 Å². The minimum atomic E-state index is -0.515. The van der Waals surface area contributed by atoms with Gasteiger partial charge in [-0.05, 0) is 12.1 Å². The van der Waals surface area contributed by atoms with Gasteiger partial charge in [-0.15, -0.1) is 0 Å². The van der Waals surface area contributed by atoms with Gasteiger partial charge in [-0.25, -0.2) is 0 Å². The van der Waals surface area contributed by atoms with Gasteiger partial charge >= 0.3 is 0 Å². The molecule has 1 aromatic carbocycles. The van der Waals surface area contributed by atoms with Crippen LogP contribution in [0.2, 0.25) is 0 Å². The minimum absolute atomic E-state index is 0.366. The van der Waals surface area contributed by atoms with E-state index in [1.807, 2.05) is 0 Å². The molecule has 0 aliphatic carbocycles. The van der Waals surface area contributed by atoms with E-state index in [0.29, 0.717) is 16.8 Å². The van der Waals surface area contributed by atoms with E-state index in [2.05, 4.69) is 0 Å². The molecule has 4 N–H and O–H groups in total. The molecule has 1 rings (SSSR count). The predicted molar refractivity (Wildman–Crippen MR) is 52.1 cm³/mol. The highest BCUT2D eigenvalue weighted by molar-refractivity contribution is 7.79. The number of rotatable bonds is 2. The molecular weight excluding hydrogens is 172 g/mol. The van der Waals surface area contributed by atoms with E-state index < -0.39 is 5.91 Å². The fourth-order valence-electron chi connectivity index (χ4n) is 0.929. The number of carbonyl (C=O) groups is 1. The summed E-state index contributed by atoms with van der Waals surface area (Å²) in [4.78, 5) is 10.8. The SMILES string of the molecule is NC(=O)c1cccc(N)c1C=S. The van der Waals surface area contributed by atoms with Gasteiger partial charge in [0.2, 0.25) is 5.91 Å². The Morgan fingerprint density at radius 2 is 2.17 bits per heavy atom. The number of carbonyl (C=O) groups excluding carboxylic acids is 1. The van der Waals surface area contributed by atoms with Gasteiger partial charge in [-0.3, -0.25) is 4.79 Å². The maximum absolute atomic E-state index is 10.8. The molecule has 12 heavy (non-hydrogen) atoms. The lowest BCUT2D eigenvalue weighted by Gasteiger charge is -2.03. The zero-order chi connectivity index (χ0) is 9.14. The summed E-state index contributed by atoms with van der Waals surface area (Å²) in [5.74, 6) is -0.515. The van der Waals surface area contributed by atoms with E-state index >= 15 is 0 Å². The molecular formula is C8H8N2OS. The van der Waals surface area contributed by atoms with Crippen LogP contribution in [0.15, 0.2) is 18.2 Å². The van der Waals surface area contributed by atoms with E-state index in [0.717, 1.165) is 0 Å². The van der Waals surface area contributed by atoms with Crippen LogP contribution in [0.3, 0.4) is 0 Å². The summed E-state index contributed by atoms with van der Waals surface area (Å²) in [6.07, 6.45) is 0. The van der Waals surface area contributed by atoms with Crippen LogP contribution in [-0.2, 0) is 0 Å². The third-order valence-corrected chi connectivity index (χ3v) is 1.76. The fourth-order valence-corrected chi connectivity index (χ4v) is 1.19. The van der Waals surface area contributed by atoms with Crippen molar-refractivity contribution in [1.82, 2.24) is 0 Å². The Kier molecular flexibility index (Phi) is 2.40. The second-order valence-corrected chi connectivity index (χ2v) is 2.53. The quantitative estimate of drug-likeness (QED) is 0.520. The van der Waals surface area contributed by atoms with E-state index in [-0.39, 0.29) is 0 Å². The van der Waals surface area contributed by atoms with Gasteiger partial charge in [-0.2, -0.15) is 0 Å². The van der Waals surface area contributed by atoms with Crippen LogP contribution < -0.4 is 11.5 Å². The maximum Gasteiger partial charge on any atom is 0.249 e. The van der Waals surface area contributed by atoms with Crippen molar-refractivity contribution in [3.8, 4) is 0 Å². The first kappa shape index (κ1) is 8.67. The highest BCUT2D eigenvalue weighted by Gasteiger charge is 2.07. The average Bonchev–Trinajstić information content (AvgIpc) is 2.03. The largest absolute Gasteiger partial charge is 0.398 e. The molecule has 1 amide bonds. The van der Waals surface area contributed by atoms with Crippen molar-refractivity contribution in [2.45, 2.75) is 0 Å². The molecule has 0 spiro atoms. The molecule has 3 nitrogen and oxygen atoms in total. The molecule has 1 aromatic rings. The number of amides is 1. The Morgan fingerprint density at radius 1 is 1.50 bits per heavy atom. The third kappa shape index (κ3) is 1.43. The molecule has 0 radical (unpaired) electrons. The summed E-state index contributed by atoms with van der Waals surface area (Å²) in [5, 5.41) is 1.36. The van der Waals surface area contributed by atoms with E-state index in [1.165, 1.54) is 5.37 Å². The molecule has 0 saturated heterocycles. The first-order valence-corrected chi connectivity index (χ1v) is 3.77. The average molecular weight is 180 g/mol. The molecule has 0 heterocycles. The number of thiocarbonyl (C=S) groups is 1. The van der Waals surface area contributed by atoms with Crippen LogP contribution in [0.4, 0.5) is 5.69 Å². The van der Waals surface area contributed by atoms with E-state index in [1.54, 1.807) is 18.2 Å². The van der Waals surface area contributed by atoms with Crippen molar-refractivity contribution in [2.75, 3.05) is 5.73 Å². The van der Waals surface area contributed by atoms with Crippen molar-refractivity contribution in [3.63, 3.8) is 0 Å². The Bertz CT molecular complexity index is 336. The number of nitrogens with two attached hydrogens (primary N) is 2. The molecule has 0 aliphatic rings. The van der Waals surface area contributed by atoms with Gasteiger partial charge in [0.15, 0.2) is 0 Å². The molecule has 4 heteroatoms. The summed E-state index contributed by atoms with van der Waals surface area (Å²) in [6.45, 7) is 0. The molecule has 62 valence electrons. The highest BCUT2D eigenvalue weighted by atomic mass is 32.1. The van der Waals surface area contributed by atoms with Crippen LogP contribution in [0.25, 0.3) is 0 Å². The number of primary amides is 1. The fraction of sp³-hybridized carbons (Fsp3) is 0. The molecule has 0 bridgehead atoms. The standard InChI is InChI=1S/C8H8N2OS/c9-7-3-1-2-5(8(10)11)6(7)4-12/h1-4H,9H2,(H2,10,11). The van der Waals surface area contributed by atoms with Gasteiger partial charge < -0.3 is 11.5 Å². The highest BCUT2D eigenvalue weighted by Crippen LogP contribution is 2.14. The summed E-state index contributed by atoms with van der Waals surface area (Å²) >= 11 is 4.70. The summed E-state index contributed by atoms with van der Waals surface area (Å²) in [7, 11) is 0. The lowest BCUT2D eigenvalue weighted by molar-refractivity contribution is 0.100. The van der Waals surface area contributed by atoms with Gasteiger partial charge in [-0.1, -0.05) is 18.3 Å². The van der Waals surface area contributed by atoms with Crippen molar-refractivity contribution in [2.24, 2.45) is 5.73 Å². The first-order chi connectivity index (χ1) is 5.66. The topological polar surface area (TPSA) is 69.1 Å².